The molecule has 3 aromatic rings. The molecular formula is C20H19N3O2. The third-order valence-electron chi connectivity index (χ3n) is 4.74. The van der Waals surface area contributed by atoms with Gasteiger partial charge in [0, 0.05) is 23.8 Å². The molecule has 1 fully saturated rings. The number of amides is 1. The highest BCUT2D eigenvalue weighted by atomic mass is 16.2. The van der Waals surface area contributed by atoms with E-state index in [9.17, 15) is 9.59 Å². The van der Waals surface area contributed by atoms with Gasteiger partial charge < -0.3 is 9.88 Å². The molecule has 126 valence electrons. The Morgan fingerprint density at radius 1 is 1.24 bits per heavy atom. The van der Waals surface area contributed by atoms with Crippen LogP contribution in [-0.2, 0) is 0 Å². The van der Waals surface area contributed by atoms with Crippen molar-refractivity contribution in [3.8, 4) is 0 Å². The molecule has 0 radical (unpaired) electrons. The number of carbonyl (C=O) groups is 1. The van der Waals surface area contributed by atoms with Crippen LogP contribution in [0.3, 0.4) is 0 Å². The highest BCUT2D eigenvalue weighted by Gasteiger charge is 2.37. The van der Waals surface area contributed by atoms with Crippen molar-refractivity contribution in [2.24, 2.45) is 0 Å². The van der Waals surface area contributed by atoms with Gasteiger partial charge in [-0.05, 0) is 48.9 Å². The number of hydrogen-bond acceptors (Lipinski definition) is 3. The normalized spacial score (nSPS) is 15.1. The number of benzene rings is 1. The second-order valence-corrected chi connectivity index (χ2v) is 6.51. The van der Waals surface area contributed by atoms with Crippen LogP contribution in [0.25, 0.3) is 10.8 Å². The van der Waals surface area contributed by atoms with Crippen molar-refractivity contribution >= 4 is 16.7 Å². The van der Waals surface area contributed by atoms with Crippen molar-refractivity contribution in [2.45, 2.75) is 31.8 Å². The number of aromatic nitrogens is 2. The molecule has 0 unspecified atom stereocenters. The zero-order chi connectivity index (χ0) is 17.4. The van der Waals surface area contributed by atoms with Crippen molar-refractivity contribution < 1.29 is 4.79 Å². The minimum absolute atomic E-state index is 0.0938. The molecule has 1 atom stereocenters. The molecule has 0 aliphatic heterocycles. The number of rotatable bonds is 4. The number of H-pyrrole nitrogens is 1. The Morgan fingerprint density at radius 3 is 2.76 bits per heavy atom. The summed E-state index contributed by atoms with van der Waals surface area (Å²) in [4.78, 5) is 34.3. The highest BCUT2D eigenvalue weighted by Crippen LogP contribution is 2.35. The maximum absolute atomic E-state index is 13.2. The monoisotopic (exact) mass is 333 g/mol. The van der Waals surface area contributed by atoms with E-state index in [1.54, 1.807) is 24.5 Å². The number of aromatic amines is 1. The lowest BCUT2D eigenvalue weighted by molar-refractivity contribution is 0.0667. The SMILES string of the molecule is C[C@H](c1cccnc1)N(C(=O)c1cc2ccccc2c(=O)[nH]1)C1CC1. The first-order valence-corrected chi connectivity index (χ1v) is 8.50. The van der Waals surface area contributed by atoms with Crippen LogP contribution in [0, 0.1) is 0 Å². The lowest BCUT2D eigenvalue weighted by Gasteiger charge is -2.29. The molecule has 2 heterocycles. The topological polar surface area (TPSA) is 66.1 Å². The number of hydrogen-bond donors (Lipinski definition) is 1. The molecule has 5 nitrogen and oxygen atoms in total. The molecule has 1 saturated carbocycles. The Morgan fingerprint density at radius 2 is 2.04 bits per heavy atom. The lowest BCUT2D eigenvalue weighted by Crippen LogP contribution is -2.36. The smallest absolute Gasteiger partial charge is 0.271 e. The summed E-state index contributed by atoms with van der Waals surface area (Å²) in [6.45, 7) is 2.01. The van der Waals surface area contributed by atoms with E-state index >= 15 is 0 Å². The molecule has 1 aliphatic rings. The van der Waals surface area contributed by atoms with E-state index in [1.807, 2.05) is 42.2 Å². The average molecular weight is 333 g/mol. The Balaban J connectivity index is 1.74. The van der Waals surface area contributed by atoms with Crippen molar-refractivity contribution in [1.82, 2.24) is 14.9 Å². The molecule has 0 spiro atoms. The Hall–Kier alpha value is -2.95. The van der Waals surface area contributed by atoms with Gasteiger partial charge in [-0.1, -0.05) is 24.3 Å². The summed E-state index contributed by atoms with van der Waals surface area (Å²) in [6.07, 6.45) is 5.50. The second kappa shape index (κ2) is 6.16. The molecule has 4 rings (SSSR count). The predicted octanol–water partition coefficient (Wildman–Crippen LogP) is 3.29. The predicted molar refractivity (Wildman–Crippen MR) is 96.4 cm³/mol. The number of carbonyl (C=O) groups excluding carboxylic acids is 1. The number of nitrogens with one attached hydrogen (secondary N) is 1. The molecule has 0 bridgehead atoms. The lowest BCUT2D eigenvalue weighted by atomic mass is 10.1. The Bertz CT molecular complexity index is 977. The number of nitrogens with zero attached hydrogens (tertiary/aromatic N) is 2. The summed E-state index contributed by atoms with van der Waals surface area (Å²) < 4.78 is 0. The van der Waals surface area contributed by atoms with Gasteiger partial charge in [0.15, 0.2) is 0 Å². The first-order chi connectivity index (χ1) is 12.1. The van der Waals surface area contributed by atoms with Crippen LogP contribution < -0.4 is 5.56 Å². The van der Waals surface area contributed by atoms with Gasteiger partial charge in [-0.15, -0.1) is 0 Å². The fourth-order valence-corrected chi connectivity index (χ4v) is 3.26. The summed E-state index contributed by atoms with van der Waals surface area (Å²) in [7, 11) is 0. The fourth-order valence-electron chi connectivity index (χ4n) is 3.26. The van der Waals surface area contributed by atoms with Gasteiger partial charge in [0.1, 0.15) is 5.69 Å². The number of pyridine rings is 2. The molecule has 1 N–H and O–H groups in total. The largest absolute Gasteiger partial charge is 0.328 e. The van der Waals surface area contributed by atoms with Gasteiger partial charge in [-0.25, -0.2) is 0 Å². The van der Waals surface area contributed by atoms with Crippen LogP contribution in [0.1, 0.15) is 41.9 Å². The van der Waals surface area contributed by atoms with Crippen molar-refractivity contribution in [1.29, 1.82) is 0 Å². The third-order valence-corrected chi connectivity index (χ3v) is 4.74. The average Bonchev–Trinajstić information content (AvgIpc) is 3.47. The minimum atomic E-state index is -0.230. The molecule has 0 saturated heterocycles. The van der Waals surface area contributed by atoms with Crippen LogP contribution in [-0.4, -0.2) is 26.8 Å². The fraction of sp³-hybridized carbons (Fsp3) is 0.250. The van der Waals surface area contributed by atoms with E-state index in [1.165, 1.54) is 0 Å². The summed E-state index contributed by atoms with van der Waals surface area (Å²) in [5.74, 6) is -0.137. The number of fused-ring (bicyclic) bond motifs is 1. The van der Waals surface area contributed by atoms with E-state index in [-0.39, 0.29) is 23.6 Å². The van der Waals surface area contributed by atoms with E-state index in [2.05, 4.69) is 9.97 Å². The summed E-state index contributed by atoms with van der Waals surface area (Å²) in [5.41, 5.74) is 1.10. The van der Waals surface area contributed by atoms with E-state index in [4.69, 9.17) is 0 Å². The second-order valence-electron chi connectivity index (χ2n) is 6.51. The van der Waals surface area contributed by atoms with Gasteiger partial charge in [0.25, 0.3) is 11.5 Å². The van der Waals surface area contributed by atoms with Crippen molar-refractivity contribution in [3.63, 3.8) is 0 Å². The first kappa shape index (κ1) is 15.6. The zero-order valence-electron chi connectivity index (χ0n) is 14.0. The van der Waals surface area contributed by atoms with Crippen LogP contribution in [0.5, 0.6) is 0 Å². The van der Waals surface area contributed by atoms with Crippen LogP contribution in [0.15, 0.2) is 59.7 Å². The molecular weight excluding hydrogens is 314 g/mol. The molecule has 2 aromatic heterocycles. The third kappa shape index (κ3) is 2.93. The molecule has 1 aliphatic carbocycles. The summed E-state index contributed by atoms with van der Waals surface area (Å²) >= 11 is 0. The van der Waals surface area contributed by atoms with Crippen molar-refractivity contribution in [2.75, 3.05) is 0 Å². The molecule has 1 aromatic carbocycles. The standard InChI is InChI=1S/C20H19N3O2/c1-13(15-6-4-10-21-12-15)23(16-8-9-16)20(25)18-11-14-5-2-3-7-17(14)19(24)22-18/h2-7,10-13,16H,8-9H2,1H3,(H,22,24)/t13-/m1/s1. The summed E-state index contributed by atoms with van der Waals surface area (Å²) in [5, 5.41) is 1.37. The van der Waals surface area contributed by atoms with Gasteiger partial charge in [0.05, 0.1) is 6.04 Å². The van der Waals surface area contributed by atoms with E-state index < -0.39 is 0 Å². The zero-order valence-corrected chi connectivity index (χ0v) is 14.0. The maximum Gasteiger partial charge on any atom is 0.271 e. The van der Waals surface area contributed by atoms with Gasteiger partial charge in [-0.2, -0.15) is 0 Å². The van der Waals surface area contributed by atoms with Crippen LogP contribution >= 0.6 is 0 Å². The molecule has 5 heteroatoms. The molecule has 25 heavy (non-hydrogen) atoms. The van der Waals surface area contributed by atoms with Crippen molar-refractivity contribution in [3.05, 3.63) is 76.5 Å². The summed E-state index contributed by atoms with van der Waals surface area (Å²) in [6, 6.07) is 13.0. The van der Waals surface area contributed by atoms with Gasteiger partial charge in [-0.3, -0.25) is 14.6 Å². The highest BCUT2D eigenvalue weighted by molar-refractivity contribution is 5.96. The van der Waals surface area contributed by atoms with Crippen LogP contribution in [0.2, 0.25) is 0 Å². The van der Waals surface area contributed by atoms with Gasteiger partial charge in [0.2, 0.25) is 0 Å². The Labute approximate surface area is 145 Å². The maximum atomic E-state index is 13.2. The Kier molecular flexibility index (Phi) is 3.84. The van der Waals surface area contributed by atoms with E-state index in [0.29, 0.717) is 11.1 Å². The van der Waals surface area contributed by atoms with Crippen LogP contribution in [0.4, 0.5) is 0 Å². The minimum Gasteiger partial charge on any atom is -0.328 e. The first-order valence-electron chi connectivity index (χ1n) is 8.50. The molecule has 1 amide bonds. The van der Waals surface area contributed by atoms with Gasteiger partial charge >= 0.3 is 0 Å². The van der Waals surface area contributed by atoms with E-state index in [0.717, 1.165) is 23.8 Å². The quantitative estimate of drug-likeness (QED) is 0.797.